The van der Waals surface area contributed by atoms with Crippen molar-refractivity contribution in [3.05, 3.63) is 86.7 Å². The number of aromatic amines is 1. The van der Waals surface area contributed by atoms with Gasteiger partial charge in [-0.2, -0.15) is 5.10 Å². The SMILES string of the molecule is O=C(N/N=C\c1c(O)n(-c2ccccc2F)c(=S)[nH]c1=O)c1ccccc1. The van der Waals surface area contributed by atoms with Crippen molar-refractivity contribution in [2.45, 2.75) is 0 Å². The standard InChI is InChI=1S/C18H13FN4O3S/c19-13-8-4-5-9-14(13)23-17(26)12(16(25)21-18(23)27)10-20-22-15(24)11-6-2-1-3-7-11/h1-10,26H,(H,22,24)(H,21,25,27)/b20-10-. The zero-order chi connectivity index (χ0) is 19.4. The molecule has 1 amide bonds. The molecular weight excluding hydrogens is 371 g/mol. The van der Waals surface area contributed by atoms with Crippen LogP contribution in [0.15, 0.2) is 64.5 Å². The number of amides is 1. The number of carbonyl (C=O) groups excluding carboxylic acids is 1. The van der Waals surface area contributed by atoms with Gasteiger partial charge in [0.05, 0.1) is 11.9 Å². The van der Waals surface area contributed by atoms with E-state index in [0.717, 1.165) is 10.8 Å². The van der Waals surface area contributed by atoms with Crippen LogP contribution >= 0.6 is 12.2 Å². The molecule has 0 aliphatic rings. The average molecular weight is 384 g/mol. The first-order valence-corrected chi connectivity index (χ1v) is 8.11. The van der Waals surface area contributed by atoms with E-state index in [0.29, 0.717) is 5.56 Å². The Balaban J connectivity index is 1.96. The van der Waals surface area contributed by atoms with Gasteiger partial charge in [-0.25, -0.2) is 9.82 Å². The van der Waals surface area contributed by atoms with Gasteiger partial charge in [-0.3, -0.25) is 19.1 Å². The van der Waals surface area contributed by atoms with Crippen molar-refractivity contribution in [1.29, 1.82) is 0 Å². The maximum Gasteiger partial charge on any atom is 0.271 e. The highest BCUT2D eigenvalue weighted by Crippen LogP contribution is 2.20. The molecule has 1 aromatic heterocycles. The summed E-state index contributed by atoms with van der Waals surface area (Å²) in [7, 11) is 0. The molecule has 0 bridgehead atoms. The summed E-state index contributed by atoms with van der Waals surface area (Å²) in [5, 5.41) is 14.1. The molecular formula is C18H13FN4O3S. The van der Waals surface area contributed by atoms with Crippen LogP contribution in [0.3, 0.4) is 0 Å². The van der Waals surface area contributed by atoms with Gasteiger partial charge < -0.3 is 5.11 Å². The summed E-state index contributed by atoms with van der Waals surface area (Å²) >= 11 is 5.01. The minimum absolute atomic E-state index is 0.0424. The van der Waals surface area contributed by atoms with Crippen LogP contribution in [0.5, 0.6) is 5.88 Å². The fourth-order valence-corrected chi connectivity index (χ4v) is 2.60. The molecule has 0 fully saturated rings. The number of halogens is 1. The smallest absolute Gasteiger partial charge is 0.271 e. The fourth-order valence-electron chi connectivity index (χ4n) is 2.32. The minimum atomic E-state index is -0.734. The molecule has 0 spiro atoms. The van der Waals surface area contributed by atoms with Gasteiger partial charge in [-0.15, -0.1) is 0 Å². The van der Waals surface area contributed by atoms with Crippen LogP contribution in [0.4, 0.5) is 4.39 Å². The van der Waals surface area contributed by atoms with E-state index in [9.17, 15) is 19.1 Å². The van der Waals surface area contributed by atoms with Crippen LogP contribution < -0.4 is 11.0 Å². The quantitative estimate of drug-likeness (QED) is 0.366. The first-order chi connectivity index (χ1) is 13.0. The molecule has 0 aliphatic heterocycles. The Morgan fingerprint density at radius 3 is 2.56 bits per heavy atom. The third-order valence-electron chi connectivity index (χ3n) is 3.61. The number of hydrogen-bond donors (Lipinski definition) is 3. The van der Waals surface area contributed by atoms with E-state index < -0.39 is 23.2 Å². The summed E-state index contributed by atoms with van der Waals surface area (Å²) < 4.78 is 14.8. The van der Waals surface area contributed by atoms with E-state index >= 15 is 0 Å². The van der Waals surface area contributed by atoms with Gasteiger partial charge in [0.2, 0.25) is 5.88 Å². The Labute approximate surface area is 157 Å². The second-order valence-electron chi connectivity index (χ2n) is 5.35. The van der Waals surface area contributed by atoms with Crippen LogP contribution in [0.25, 0.3) is 5.69 Å². The maximum atomic E-state index is 14.1. The van der Waals surface area contributed by atoms with Crippen LogP contribution in [-0.2, 0) is 0 Å². The first-order valence-electron chi connectivity index (χ1n) is 7.70. The number of nitrogens with zero attached hydrogens (tertiary/aromatic N) is 2. The summed E-state index contributed by atoms with van der Waals surface area (Å²) in [6, 6.07) is 13.9. The predicted octanol–water partition coefficient (Wildman–Crippen LogP) is 2.50. The molecule has 136 valence electrons. The van der Waals surface area contributed by atoms with Crippen molar-refractivity contribution in [3.8, 4) is 11.6 Å². The van der Waals surface area contributed by atoms with Crippen molar-refractivity contribution in [2.24, 2.45) is 5.10 Å². The van der Waals surface area contributed by atoms with Crippen molar-refractivity contribution in [3.63, 3.8) is 0 Å². The van der Waals surface area contributed by atoms with Gasteiger partial charge in [0.25, 0.3) is 11.5 Å². The van der Waals surface area contributed by atoms with E-state index in [2.05, 4.69) is 15.5 Å². The third-order valence-corrected chi connectivity index (χ3v) is 3.89. The van der Waals surface area contributed by atoms with Crippen molar-refractivity contribution in [2.75, 3.05) is 0 Å². The van der Waals surface area contributed by atoms with Crippen molar-refractivity contribution in [1.82, 2.24) is 15.0 Å². The minimum Gasteiger partial charge on any atom is -0.494 e. The van der Waals surface area contributed by atoms with Crippen LogP contribution in [0.1, 0.15) is 15.9 Å². The fraction of sp³-hybridized carbons (Fsp3) is 0. The lowest BCUT2D eigenvalue weighted by Crippen LogP contribution is -2.21. The number of carbonyl (C=O) groups is 1. The monoisotopic (exact) mass is 384 g/mol. The number of para-hydroxylation sites is 1. The third kappa shape index (κ3) is 3.82. The molecule has 7 nitrogen and oxygen atoms in total. The molecule has 0 atom stereocenters. The summed E-state index contributed by atoms with van der Waals surface area (Å²) in [4.78, 5) is 26.4. The summed E-state index contributed by atoms with van der Waals surface area (Å²) in [5.74, 6) is -1.74. The van der Waals surface area contributed by atoms with Crippen molar-refractivity contribution < 1.29 is 14.3 Å². The zero-order valence-corrected chi connectivity index (χ0v) is 14.5. The normalized spacial score (nSPS) is 10.9. The molecule has 3 N–H and O–H groups in total. The Morgan fingerprint density at radius 2 is 1.85 bits per heavy atom. The molecule has 0 aliphatic carbocycles. The molecule has 3 aromatic rings. The maximum absolute atomic E-state index is 14.1. The molecule has 27 heavy (non-hydrogen) atoms. The lowest BCUT2D eigenvalue weighted by atomic mass is 10.2. The number of benzene rings is 2. The molecule has 3 rings (SSSR count). The number of rotatable bonds is 4. The molecule has 0 radical (unpaired) electrons. The number of hydrazone groups is 1. The lowest BCUT2D eigenvalue weighted by Gasteiger charge is -2.11. The van der Waals surface area contributed by atoms with Gasteiger partial charge in [0.1, 0.15) is 11.4 Å². The number of aromatic hydroxyl groups is 1. The Morgan fingerprint density at radius 1 is 1.19 bits per heavy atom. The molecule has 1 heterocycles. The van der Waals surface area contributed by atoms with Gasteiger partial charge in [0.15, 0.2) is 4.77 Å². The number of aromatic nitrogens is 2. The number of H-pyrrole nitrogens is 1. The molecule has 9 heteroatoms. The molecule has 0 saturated heterocycles. The highest BCUT2D eigenvalue weighted by molar-refractivity contribution is 7.71. The Hall–Kier alpha value is -3.59. The van der Waals surface area contributed by atoms with Gasteiger partial charge >= 0.3 is 0 Å². The van der Waals surface area contributed by atoms with Crippen molar-refractivity contribution >= 4 is 24.3 Å². The summed E-state index contributed by atoms with van der Waals surface area (Å²) in [5.41, 5.74) is 1.55. The molecule has 2 aromatic carbocycles. The summed E-state index contributed by atoms with van der Waals surface area (Å²) in [6.07, 6.45) is 0.959. The van der Waals surface area contributed by atoms with Gasteiger partial charge in [-0.1, -0.05) is 30.3 Å². The van der Waals surface area contributed by atoms with E-state index in [1.165, 1.54) is 18.2 Å². The first kappa shape index (κ1) is 18.2. The topological polar surface area (TPSA) is 99.5 Å². The highest BCUT2D eigenvalue weighted by Gasteiger charge is 2.15. The zero-order valence-electron chi connectivity index (χ0n) is 13.7. The average Bonchev–Trinajstić information content (AvgIpc) is 2.66. The second kappa shape index (κ2) is 7.75. The van der Waals surface area contributed by atoms with E-state index in [1.807, 2.05) is 0 Å². The van der Waals surface area contributed by atoms with Crippen LogP contribution in [0, 0.1) is 10.6 Å². The largest absolute Gasteiger partial charge is 0.494 e. The summed E-state index contributed by atoms with van der Waals surface area (Å²) in [6.45, 7) is 0. The van der Waals surface area contributed by atoms with Crippen LogP contribution in [-0.4, -0.2) is 26.8 Å². The number of hydrogen-bond acceptors (Lipinski definition) is 5. The molecule has 0 saturated carbocycles. The highest BCUT2D eigenvalue weighted by atomic mass is 32.1. The van der Waals surface area contributed by atoms with E-state index in [-0.39, 0.29) is 16.0 Å². The van der Waals surface area contributed by atoms with Crippen LogP contribution in [0.2, 0.25) is 0 Å². The Kier molecular flexibility index (Phi) is 5.23. The van der Waals surface area contributed by atoms with E-state index in [1.54, 1.807) is 36.4 Å². The molecule has 0 unspecified atom stereocenters. The van der Waals surface area contributed by atoms with E-state index in [4.69, 9.17) is 12.2 Å². The number of nitrogens with one attached hydrogen (secondary N) is 2. The van der Waals surface area contributed by atoms with Gasteiger partial charge in [-0.05, 0) is 36.5 Å². The second-order valence-corrected chi connectivity index (χ2v) is 5.74. The Bertz CT molecular complexity index is 1140. The lowest BCUT2D eigenvalue weighted by molar-refractivity contribution is 0.0955. The van der Waals surface area contributed by atoms with Gasteiger partial charge in [0, 0.05) is 5.56 Å². The predicted molar refractivity (Wildman–Crippen MR) is 100 cm³/mol.